The van der Waals surface area contributed by atoms with Gasteiger partial charge >= 0.3 is 5.97 Å². The van der Waals surface area contributed by atoms with Crippen LogP contribution in [0.2, 0.25) is 0 Å². The molecule has 0 saturated carbocycles. The highest BCUT2D eigenvalue weighted by atomic mass is 16.5. The first kappa shape index (κ1) is 13.2. The number of anilines is 1. The molecule has 4 nitrogen and oxygen atoms in total. The number of hydrogen-bond acceptors (Lipinski definition) is 3. The summed E-state index contributed by atoms with van der Waals surface area (Å²) in [5.41, 5.74) is 7.96. The van der Waals surface area contributed by atoms with Crippen molar-refractivity contribution in [1.82, 2.24) is 4.57 Å². The molecule has 1 heterocycles. The van der Waals surface area contributed by atoms with Gasteiger partial charge in [0.1, 0.15) is 5.69 Å². The van der Waals surface area contributed by atoms with Gasteiger partial charge in [0.15, 0.2) is 0 Å². The van der Waals surface area contributed by atoms with Crippen LogP contribution in [0.3, 0.4) is 0 Å². The van der Waals surface area contributed by atoms with E-state index in [4.69, 9.17) is 10.5 Å². The van der Waals surface area contributed by atoms with Gasteiger partial charge in [-0.15, -0.1) is 0 Å². The van der Waals surface area contributed by atoms with E-state index in [9.17, 15) is 4.79 Å². The molecule has 106 valence electrons. The van der Waals surface area contributed by atoms with Crippen molar-refractivity contribution in [3.8, 4) is 0 Å². The minimum Gasteiger partial charge on any atom is -0.464 e. The van der Waals surface area contributed by atoms with Crippen LogP contribution >= 0.6 is 0 Å². The second-order valence-corrected chi connectivity index (χ2v) is 4.92. The first-order valence-corrected chi connectivity index (χ1v) is 6.69. The van der Waals surface area contributed by atoms with Gasteiger partial charge in [-0.2, -0.15) is 0 Å². The molecule has 0 bridgehead atoms. The fraction of sp³-hybridized carbons (Fsp3) is 0.118. The fourth-order valence-corrected chi connectivity index (χ4v) is 2.55. The zero-order chi connectivity index (χ0) is 14.8. The zero-order valence-electron chi connectivity index (χ0n) is 11.7. The molecule has 0 aliphatic carbocycles. The standard InChI is InChI=1S/C17H16N2O2/c1-21-17(20)16-9-14(18)11-19(16)10-13-7-4-6-12-5-2-3-8-15(12)13/h2-9,11H,10,18H2,1H3. The van der Waals surface area contributed by atoms with E-state index >= 15 is 0 Å². The van der Waals surface area contributed by atoms with Crippen molar-refractivity contribution in [3.63, 3.8) is 0 Å². The SMILES string of the molecule is COC(=O)c1cc(N)cn1Cc1cccc2ccccc12. The van der Waals surface area contributed by atoms with Crippen LogP contribution < -0.4 is 5.73 Å². The molecule has 2 N–H and O–H groups in total. The average molecular weight is 280 g/mol. The molecule has 21 heavy (non-hydrogen) atoms. The maximum Gasteiger partial charge on any atom is 0.354 e. The molecular formula is C17H16N2O2. The molecule has 4 heteroatoms. The molecular weight excluding hydrogens is 264 g/mol. The first-order chi connectivity index (χ1) is 10.2. The van der Waals surface area contributed by atoms with E-state index in [1.807, 2.05) is 22.8 Å². The Morgan fingerprint density at radius 3 is 2.76 bits per heavy atom. The Hall–Kier alpha value is -2.75. The van der Waals surface area contributed by atoms with Gasteiger partial charge in [0.2, 0.25) is 0 Å². The van der Waals surface area contributed by atoms with Crippen LogP contribution in [0.25, 0.3) is 10.8 Å². The maximum atomic E-state index is 11.8. The number of aromatic nitrogens is 1. The van der Waals surface area contributed by atoms with Crippen molar-refractivity contribution in [1.29, 1.82) is 0 Å². The van der Waals surface area contributed by atoms with Gasteiger partial charge in [-0.25, -0.2) is 4.79 Å². The van der Waals surface area contributed by atoms with Crippen molar-refractivity contribution in [2.45, 2.75) is 6.54 Å². The summed E-state index contributed by atoms with van der Waals surface area (Å²) in [6.07, 6.45) is 1.76. The third-order valence-corrected chi connectivity index (χ3v) is 3.53. The highest BCUT2D eigenvalue weighted by molar-refractivity contribution is 5.89. The van der Waals surface area contributed by atoms with Crippen LogP contribution in [-0.2, 0) is 11.3 Å². The molecule has 1 aromatic heterocycles. The van der Waals surface area contributed by atoms with E-state index in [0.717, 1.165) is 5.56 Å². The number of rotatable bonds is 3. The van der Waals surface area contributed by atoms with Crippen molar-refractivity contribution in [2.75, 3.05) is 12.8 Å². The summed E-state index contributed by atoms with van der Waals surface area (Å²) in [6, 6.07) is 16.0. The van der Waals surface area contributed by atoms with Gasteiger partial charge in [-0.3, -0.25) is 0 Å². The average Bonchev–Trinajstić information content (AvgIpc) is 2.87. The molecule has 0 unspecified atom stereocenters. The van der Waals surface area contributed by atoms with Crippen LogP contribution in [-0.4, -0.2) is 17.6 Å². The van der Waals surface area contributed by atoms with Crippen molar-refractivity contribution >= 4 is 22.4 Å². The van der Waals surface area contributed by atoms with Gasteiger partial charge in [-0.05, 0) is 22.4 Å². The highest BCUT2D eigenvalue weighted by Gasteiger charge is 2.14. The number of nitrogen functional groups attached to an aromatic ring is 1. The second-order valence-electron chi connectivity index (χ2n) is 4.92. The first-order valence-electron chi connectivity index (χ1n) is 6.69. The second kappa shape index (κ2) is 5.32. The lowest BCUT2D eigenvalue weighted by Gasteiger charge is -2.10. The minimum atomic E-state index is -0.382. The molecule has 0 amide bonds. The molecule has 0 aliphatic heterocycles. The molecule has 0 fully saturated rings. The largest absolute Gasteiger partial charge is 0.464 e. The van der Waals surface area contributed by atoms with Gasteiger partial charge in [-0.1, -0.05) is 42.5 Å². The summed E-state index contributed by atoms with van der Waals surface area (Å²) in [6.45, 7) is 0.572. The van der Waals surface area contributed by atoms with Gasteiger partial charge in [0.05, 0.1) is 12.8 Å². The Kier molecular flexibility index (Phi) is 3.36. The van der Waals surface area contributed by atoms with E-state index in [1.165, 1.54) is 17.9 Å². The normalized spacial score (nSPS) is 10.7. The number of hydrogen-bond donors (Lipinski definition) is 1. The summed E-state index contributed by atoms with van der Waals surface area (Å²) in [5.74, 6) is -0.382. The van der Waals surface area contributed by atoms with E-state index in [-0.39, 0.29) is 5.97 Å². The number of benzene rings is 2. The van der Waals surface area contributed by atoms with E-state index in [1.54, 1.807) is 12.3 Å². The predicted molar refractivity (Wildman–Crippen MR) is 83.2 cm³/mol. The third kappa shape index (κ3) is 2.48. The molecule has 0 spiro atoms. The van der Waals surface area contributed by atoms with Crippen molar-refractivity contribution < 1.29 is 9.53 Å². The Bertz CT molecular complexity index is 800. The number of carbonyl (C=O) groups is 1. The number of methoxy groups -OCH3 is 1. The third-order valence-electron chi connectivity index (χ3n) is 3.53. The topological polar surface area (TPSA) is 57.2 Å². The van der Waals surface area contributed by atoms with Crippen molar-refractivity contribution in [2.24, 2.45) is 0 Å². The minimum absolute atomic E-state index is 0.382. The lowest BCUT2D eigenvalue weighted by atomic mass is 10.0. The summed E-state index contributed by atoms with van der Waals surface area (Å²) in [5, 5.41) is 2.35. The zero-order valence-corrected chi connectivity index (χ0v) is 11.7. The van der Waals surface area contributed by atoms with E-state index in [2.05, 4.69) is 24.3 Å². The molecule has 0 saturated heterocycles. The van der Waals surface area contributed by atoms with Crippen LogP contribution in [0.15, 0.2) is 54.7 Å². The number of ether oxygens (including phenoxy) is 1. The molecule has 0 radical (unpaired) electrons. The Balaban J connectivity index is 2.05. The number of carbonyl (C=O) groups excluding carboxylic acids is 1. The summed E-state index contributed by atoms with van der Waals surface area (Å²) in [4.78, 5) is 11.8. The van der Waals surface area contributed by atoms with Gasteiger partial charge in [0.25, 0.3) is 0 Å². The smallest absolute Gasteiger partial charge is 0.354 e. The lowest BCUT2D eigenvalue weighted by Crippen LogP contribution is -2.10. The Morgan fingerprint density at radius 2 is 1.95 bits per heavy atom. The molecule has 3 aromatic rings. The van der Waals surface area contributed by atoms with E-state index in [0.29, 0.717) is 17.9 Å². The summed E-state index contributed by atoms with van der Waals surface area (Å²) in [7, 11) is 1.37. The maximum absolute atomic E-state index is 11.8. The van der Waals surface area contributed by atoms with E-state index < -0.39 is 0 Å². The molecule has 0 aliphatic rings. The fourth-order valence-electron chi connectivity index (χ4n) is 2.55. The number of esters is 1. The summed E-state index contributed by atoms with van der Waals surface area (Å²) >= 11 is 0. The summed E-state index contributed by atoms with van der Waals surface area (Å²) < 4.78 is 6.62. The van der Waals surface area contributed by atoms with Crippen LogP contribution in [0, 0.1) is 0 Å². The number of fused-ring (bicyclic) bond motifs is 1. The quantitative estimate of drug-likeness (QED) is 0.750. The number of nitrogens with zero attached hydrogens (tertiary/aromatic N) is 1. The molecule has 2 aromatic carbocycles. The van der Waals surface area contributed by atoms with Crippen LogP contribution in [0.1, 0.15) is 16.1 Å². The monoisotopic (exact) mass is 280 g/mol. The van der Waals surface area contributed by atoms with Crippen molar-refractivity contribution in [3.05, 3.63) is 66.0 Å². The molecule has 0 atom stereocenters. The van der Waals surface area contributed by atoms with Gasteiger partial charge < -0.3 is 15.0 Å². The Labute approximate surface area is 122 Å². The lowest BCUT2D eigenvalue weighted by molar-refractivity contribution is 0.0589. The van der Waals surface area contributed by atoms with Gasteiger partial charge in [0, 0.05) is 12.7 Å². The molecule has 3 rings (SSSR count). The van der Waals surface area contributed by atoms with Crippen LogP contribution in [0.4, 0.5) is 5.69 Å². The Morgan fingerprint density at radius 1 is 1.19 bits per heavy atom. The van der Waals surface area contributed by atoms with Crippen LogP contribution in [0.5, 0.6) is 0 Å². The number of nitrogens with two attached hydrogens (primary N) is 1. The predicted octanol–water partition coefficient (Wildman–Crippen LogP) is 3.06. The highest BCUT2D eigenvalue weighted by Crippen LogP contribution is 2.21.